The van der Waals surface area contributed by atoms with Crippen molar-refractivity contribution in [1.82, 2.24) is 10.2 Å². The summed E-state index contributed by atoms with van der Waals surface area (Å²) in [5.74, 6) is -0.0475. The molecule has 1 aliphatic heterocycles. The van der Waals surface area contributed by atoms with Gasteiger partial charge in [0.15, 0.2) is 0 Å². The first-order valence-electron chi connectivity index (χ1n) is 10.3. The Labute approximate surface area is 191 Å². The van der Waals surface area contributed by atoms with Crippen molar-refractivity contribution in [3.63, 3.8) is 0 Å². The van der Waals surface area contributed by atoms with E-state index in [1.807, 2.05) is 71.6 Å². The molecule has 2 aromatic carbocycles. The first kappa shape index (κ1) is 21.3. The molecular weight excluding hydrogens is 428 g/mol. The van der Waals surface area contributed by atoms with Crippen LogP contribution >= 0.6 is 22.9 Å². The molecule has 158 valence electrons. The first-order valence-corrected chi connectivity index (χ1v) is 11.5. The van der Waals surface area contributed by atoms with Crippen molar-refractivity contribution in [2.45, 2.75) is 18.9 Å². The van der Waals surface area contributed by atoms with Crippen LogP contribution in [0.1, 0.15) is 28.1 Å². The second-order valence-corrected chi connectivity index (χ2v) is 9.03. The van der Waals surface area contributed by atoms with Gasteiger partial charge in [-0.25, -0.2) is 0 Å². The smallest absolute Gasteiger partial charge is 0.251 e. The summed E-state index contributed by atoms with van der Waals surface area (Å²) in [4.78, 5) is 28.9. The lowest BCUT2D eigenvalue weighted by atomic mass is 10.0. The number of hydrogen-bond acceptors (Lipinski definition) is 3. The zero-order valence-electron chi connectivity index (χ0n) is 17.0. The van der Waals surface area contributed by atoms with Crippen LogP contribution in [0.5, 0.6) is 0 Å². The Hall–Kier alpha value is -2.89. The summed E-state index contributed by atoms with van der Waals surface area (Å²) in [7, 11) is 0. The maximum absolute atomic E-state index is 12.6. The van der Waals surface area contributed by atoms with Crippen LogP contribution in [-0.4, -0.2) is 35.8 Å². The number of benzene rings is 2. The van der Waals surface area contributed by atoms with Crippen LogP contribution in [-0.2, 0) is 4.79 Å². The lowest BCUT2D eigenvalue weighted by Gasteiger charge is -2.31. The lowest BCUT2D eigenvalue weighted by molar-refractivity contribution is -0.126. The van der Waals surface area contributed by atoms with Crippen molar-refractivity contribution in [2.24, 2.45) is 0 Å². The number of likely N-dealkylation sites (tertiary alicyclic amines) is 1. The summed E-state index contributed by atoms with van der Waals surface area (Å²) in [5, 5.41) is 3.79. The van der Waals surface area contributed by atoms with Crippen molar-refractivity contribution in [2.75, 3.05) is 13.1 Å². The summed E-state index contributed by atoms with van der Waals surface area (Å²) >= 11 is 7.59. The van der Waals surface area contributed by atoms with Gasteiger partial charge in [0.25, 0.3) is 5.91 Å². The molecule has 1 aromatic heterocycles. The van der Waals surface area contributed by atoms with Crippen molar-refractivity contribution in [1.29, 1.82) is 0 Å². The Kier molecular flexibility index (Phi) is 6.85. The second-order valence-electron chi connectivity index (χ2n) is 7.48. The zero-order valence-corrected chi connectivity index (χ0v) is 18.5. The highest BCUT2D eigenvalue weighted by Gasteiger charge is 2.23. The predicted molar refractivity (Wildman–Crippen MR) is 127 cm³/mol. The van der Waals surface area contributed by atoms with Gasteiger partial charge in [0.2, 0.25) is 5.91 Å². The average molecular weight is 451 g/mol. The van der Waals surface area contributed by atoms with Crippen molar-refractivity contribution in [3.8, 4) is 10.4 Å². The van der Waals surface area contributed by atoms with Crippen molar-refractivity contribution in [3.05, 3.63) is 88.3 Å². The molecule has 1 saturated heterocycles. The zero-order chi connectivity index (χ0) is 21.6. The molecule has 0 atom stereocenters. The van der Waals surface area contributed by atoms with Crippen molar-refractivity contribution < 1.29 is 9.59 Å². The van der Waals surface area contributed by atoms with Gasteiger partial charge in [-0.05, 0) is 60.9 Å². The molecule has 0 radical (unpaired) electrons. The average Bonchev–Trinajstić information content (AvgIpc) is 3.28. The highest BCUT2D eigenvalue weighted by atomic mass is 35.5. The van der Waals surface area contributed by atoms with Gasteiger partial charge in [0, 0.05) is 45.5 Å². The van der Waals surface area contributed by atoms with E-state index in [1.54, 1.807) is 17.4 Å². The minimum Gasteiger partial charge on any atom is -0.349 e. The molecule has 2 amide bonds. The SMILES string of the molecule is O=C(NC1CCN(C(=O)/C=C/c2ccc(-c3ccc(Cl)cc3)s2)CC1)c1ccccc1. The summed E-state index contributed by atoms with van der Waals surface area (Å²) in [6, 6.07) is 21.1. The maximum Gasteiger partial charge on any atom is 0.251 e. The summed E-state index contributed by atoms with van der Waals surface area (Å²) in [6.45, 7) is 1.28. The number of carbonyl (C=O) groups excluding carboxylic acids is 2. The summed E-state index contributed by atoms with van der Waals surface area (Å²) in [5.41, 5.74) is 1.78. The van der Waals surface area contributed by atoms with Gasteiger partial charge in [-0.2, -0.15) is 0 Å². The topological polar surface area (TPSA) is 49.4 Å². The molecule has 2 heterocycles. The van der Waals surface area contributed by atoms with Gasteiger partial charge in [0.1, 0.15) is 0 Å². The third kappa shape index (κ3) is 5.63. The van der Waals surface area contributed by atoms with Crippen LogP contribution in [0, 0.1) is 0 Å². The highest BCUT2D eigenvalue weighted by molar-refractivity contribution is 7.16. The van der Waals surface area contributed by atoms with Crippen LogP contribution in [0.2, 0.25) is 5.02 Å². The number of amides is 2. The minimum atomic E-state index is -0.0561. The van der Waals surface area contributed by atoms with Gasteiger partial charge in [-0.3, -0.25) is 9.59 Å². The third-order valence-corrected chi connectivity index (χ3v) is 6.68. The van der Waals surface area contributed by atoms with E-state index in [4.69, 9.17) is 11.6 Å². The molecule has 31 heavy (non-hydrogen) atoms. The van der Waals surface area contributed by atoms with Gasteiger partial charge < -0.3 is 10.2 Å². The van der Waals surface area contributed by atoms with E-state index in [9.17, 15) is 9.59 Å². The summed E-state index contributed by atoms with van der Waals surface area (Å²) in [6.07, 6.45) is 5.03. The first-order chi connectivity index (χ1) is 15.1. The quantitative estimate of drug-likeness (QED) is 0.521. The van der Waals surface area contributed by atoms with Crippen LogP contribution in [0.3, 0.4) is 0 Å². The number of nitrogens with one attached hydrogen (secondary N) is 1. The standard InChI is InChI=1S/C25H23ClN2O2S/c26-20-8-6-18(7-9-20)23-12-10-22(31-23)11-13-24(29)28-16-14-21(15-17-28)27-25(30)19-4-2-1-3-5-19/h1-13,21H,14-17H2,(H,27,30)/b13-11+. The molecule has 0 saturated carbocycles. The van der Waals surface area contributed by atoms with Crippen LogP contribution in [0.4, 0.5) is 0 Å². The molecule has 0 spiro atoms. The Bertz CT molecular complexity index is 1070. The molecule has 0 aliphatic carbocycles. The fourth-order valence-corrected chi connectivity index (χ4v) is 4.62. The van der Waals surface area contributed by atoms with E-state index < -0.39 is 0 Å². The van der Waals surface area contributed by atoms with E-state index in [1.165, 1.54) is 0 Å². The maximum atomic E-state index is 12.6. The monoisotopic (exact) mass is 450 g/mol. The van der Waals surface area contributed by atoms with Crippen LogP contribution in [0.25, 0.3) is 16.5 Å². The molecule has 1 aliphatic rings. The van der Waals surface area contributed by atoms with Gasteiger partial charge in [0.05, 0.1) is 0 Å². The van der Waals surface area contributed by atoms with Gasteiger partial charge >= 0.3 is 0 Å². The Balaban J connectivity index is 1.28. The van der Waals surface area contributed by atoms with E-state index in [2.05, 4.69) is 11.4 Å². The number of thiophene rings is 1. The van der Waals surface area contributed by atoms with Gasteiger partial charge in [-0.15, -0.1) is 11.3 Å². The molecule has 3 aromatic rings. The normalized spacial score (nSPS) is 14.7. The largest absolute Gasteiger partial charge is 0.349 e. The van der Waals surface area contributed by atoms with Gasteiger partial charge in [-0.1, -0.05) is 41.9 Å². The predicted octanol–water partition coefficient (Wildman–Crippen LogP) is 5.50. The molecule has 0 unspecified atom stereocenters. The van der Waals surface area contributed by atoms with Crippen LogP contribution < -0.4 is 5.32 Å². The number of piperidine rings is 1. The lowest BCUT2D eigenvalue weighted by Crippen LogP contribution is -2.46. The summed E-state index contributed by atoms with van der Waals surface area (Å²) < 4.78 is 0. The van der Waals surface area contributed by atoms with E-state index in [0.29, 0.717) is 18.7 Å². The molecule has 6 heteroatoms. The molecular formula is C25H23ClN2O2S. The number of nitrogens with zero attached hydrogens (tertiary/aromatic N) is 1. The fraction of sp³-hybridized carbons (Fsp3) is 0.200. The van der Waals surface area contributed by atoms with E-state index >= 15 is 0 Å². The van der Waals surface area contributed by atoms with Crippen LogP contribution in [0.15, 0.2) is 72.8 Å². The fourth-order valence-electron chi connectivity index (χ4n) is 3.57. The van der Waals surface area contributed by atoms with E-state index in [-0.39, 0.29) is 17.9 Å². The Morgan fingerprint density at radius 3 is 2.39 bits per heavy atom. The molecule has 0 bridgehead atoms. The number of hydrogen-bond donors (Lipinski definition) is 1. The highest BCUT2D eigenvalue weighted by Crippen LogP contribution is 2.29. The second kappa shape index (κ2) is 9.94. The number of halogens is 1. The number of carbonyl (C=O) groups is 2. The third-order valence-electron chi connectivity index (χ3n) is 5.32. The molecule has 4 rings (SSSR count). The molecule has 4 nitrogen and oxygen atoms in total. The Morgan fingerprint density at radius 1 is 0.968 bits per heavy atom. The molecule has 1 N–H and O–H groups in total. The van der Waals surface area contributed by atoms with Crippen molar-refractivity contribution >= 4 is 40.8 Å². The molecule has 1 fully saturated rings. The Morgan fingerprint density at radius 2 is 1.68 bits per heavy atom. The minimum absolute atomic E-state index is 0.00859. The number of rotatable bonds is 5. The van der Waals surface area contributed by atoms with E-state index in [0.717, 1.165) is 33.2 Å².